The van der Waals surface area contributed by atoms with Crippen molar-refractivity contribution in [3.63, 3.8) is 0 Å². The molecule has 2 N–H and O–H groups in total. The molecule has 0 aliphatic carbocycles. The second-order valence-electron chi connectivity index (χ2n) is 6.86. The molecule has 0 aliphatic heterocycles. The van der Waals surface area contributed by atoms with Gasteiger partial charge in [-0.05, 0) is 38.5 Å². The molecule has 6 heteroatoms. The highest BCUT2D eigenvalue weighted by Crippen LogP contribution is 2.29. The number of anilines is 1. The molecule has 0 saturated carbocycles. The number of carbonyl (C=O) groups excluding carboxylic acids is 2. The van der Waals surface area contributed by atoms with E-state index in [1.165, 1.54) is 7.11 Å². The van der Waals surface area contributed by atoms with Crippen molar-refractivity contribution in [2.45, 2.75) is 51.7 Å². The molecule has 0 heterocycles. The molecule has 1 atom stereocenters. The van der Waals surface area contributed by atoms with E-state index in [1.54, 1.807) is 58.9 Å². The number of aliphatic hydroxyl groups is 1. The number of benzene rings is 1. The third-order valence-electron chi connectivity index (χ3n) is 3.36. The van der Waals surface area contributed by atoms with Crippen LogP contribution < -0.4 is 5.32 Å². The van der Waals surface area contributed by atoms with Gasteiger partial charge in [-0.2, -0.15) is 0 Å². The quantitative estimate of drug-likeness (QED) is 0.832. The summed E-state index contributed by atoms with van der Waals surface area (Å²) in [6, 6.07) is 6.89. The van der Waals surface area contributed by atoms with E-state index in [4.69, 9.17) is 4.74 Å². The Kier molecular flexibility index (Phi) is 5.77. The van der Waals surface area contributed by atoms with Gasteiger partial charge in [0.1, 0.15) is 5.60 Å². The zero-order valence-electron chi connectivity index (χ0n) is 14.5. The first-order valence-electron chi connectivity index (χ1n) is 7.34. The van der Waals surface area contributed by atoms with Gasteiger partial charge < -0.3 is 14.6 Å². The van der Waals surface area contributed by atoms with E-state index in [2.05, 4.69) is 10.1 Å². The Bertz CT molecular complexity index is 575. The lowest BCUT2D eigenvalue weighted by Gasteiger charge is -2.29. The van der Waals surface area contributed by atoms with Gasteiger partial charge in [-0.3, -0.25) is 5.32 Å². The van der Waals surface area contributed by atoms with Crippen molar-refractivity contribution in [2.75, 3.05) is 12.4 Å². The molecule has 0 spiro atoms. The van der Waals surface area contributed by atoms with Crippen molar-refractivity contribution in [1.82, 2.24) is 0 Å². The van der Waals surface area contributed by atoms with Crippen molar-refractivity contribution in [3.8, 4) is 0 Å². The monoisotopic (exact) mass is 323 g/mol. The first-order valence-corrected chi connectivity index (χ1v) is 7.34. The molecule has 0 fully saturated rings. The lowest BCUT2D eigenvalue weighted by atomic mass is 9.79. The highest BCUT2D eigenvalue weighted by atomic mass is 16.6. The predicted octanol–water partition coefficient (Wildman–Crippen LogP) is 2.85. The number of amides is 1. The fraction of sp³-hybridized carbons (Fsp3) is 0.529. The van der Waals surface area contributed by atoms with E-state index in [0.717, 1.165) is 0 Å². The molecule has 0 bridgehead atoms. The SMILES string of the molecule is COC(=O)C(O)C(C)(C)c1cccc(NC(=O)OC(C)(C)C)c1. The van der Waals surface area contributed by atoms with Gasteiger partial charge in [-0.15, -0.1) is 0 Å². The third-order valence-corrected chi connectivity index (χ3v) is 3.36. The van der Waals surface area contributed by atoms with Crippen LogP contribution in [0.2, 0.25) is 0 Å². The Balaban J connectivity index is 2.96. The number of hydrogen-bond acceptors (Lipinski definition) is 5. The standard InChI is InChI=1S/C17H25NO5/c1-16(2,3)23-15(21)18-12-9-7-8-11(10-12)17(4,5)13(19)14(20)22-6/h7-10,13,19H,1-6H3,(H,18,21). The maximum atomic E-state index is 11.8. The first kappa shape index (κ1) is 19.0. The normalized spacial score (nSPS) is 13.2. The molecule has 0 radical (unpaired) electrons. The molecule has 23 heavy (non-hydrogen) atoms. The minimum Gasteiger partial charge on any atom is -0.467 e. The van der Waals surface area contributed by atoms with Crippen molar-refractivity contribution in [2.24, 2.45) is 0 Å². The lowest BCUT2D eigenvalue weighted by molar-refractivity contribution is -0.153. The van der Waals surface area contributed by atoms with Crippen LogP contribution in [-0.4, -0.2) is 36.0 Å². The fourth-order valence-electron chi connectivity index (χ4n) is 1.98. The summed E-state index contributed by atoms with van der Waals surface area (Å²) in [5.41, 5.74) is -0.272. The summed E-state index contributed by atoms with van der Waals surface area (Å²) in [7, 11) is 1.22. The van der Waals surface area contributed by atoms with Gasteiger partial charge in [-0.1, -0.05) is 26.0 Å². The maximum absolute atomic E-state index is 11.8. The zero-order chi connectivity index (χ0) is 17.8. The van der Waals surface area contributed by atoms with E-state index in [1.807, 2.05) is 0 Å². The molecule has 0 aromatic heterocycles. The van der Waals surface area contributed by atoms with Crippen molar-refractivity contribution < 1.29 is 24.2 Å². The number of ether oxygens (including phenoxy) is 2. The largest absolute Gasteiger partial charge is 0.467 e. The van der Waals surface area contributed by atoms with Crippen LogP contribution in [0.25, 0.3) is 0 Å². The predicted molar refractivity (Wildman–Crippen MR) is 87.3 cm³/mol. The number of carbonyl (C=O) groups is 2. The van der Waals surface area contributed by atoms with Gasteiger partial charge in [-0.25, -0.2) is 9.59 Å². The molecule has 1 unspecified atom stereocenters. The van der Waals surface area contributed by atoms with Crippen LogP contribution in [0, 0.1) is 0 Å². The van der Waals surface area contributed by atoms with Crippen LogP contribution in [0.5, 0.6) is 0 Å². The minimum absolute atomic E-state index is 0.516. The van der Waals surface area contributed by atoms with Gasteiger partial charge in [0.05, 0.1) is 7.11 Å². The topological polar surface area (TPSA) is 84.9 Å². The fourth-order valence-corrected chi connectivity index (χ4v) is 1.98. The van der Waals surface area contributed by atoms with E-state index in [0.29, 0.717) is 11.3 Å². The number of methoxy groups -OCH3 is 1. The average Bonchev–Trinajstić information content (AvgIpc) is 2.43. The zero-order valence-corrected chi connectivity index (χ0v) is 14.5. The Morgan fingerprint density at radius 3 is 2.30 bits per heavy atom. The van der Waals surface area contributed by atoms with Gasteiger partial charge in [0.2, 0.25) is 0 Å². The van der Waals surface area contributed by atoms with Gasteiger partial charge >= 0.3 is 12.1 Å². The Labute approximate surface area is 136 Å². The summed E-state index contributed by atoms with van der Waals surface area (Å²) in [4.78, 5) is 23.4. The second kappa shape index (κ2) is 7.00. The summed E-state index contributed by atoms with van der Waals surface area (Å²) >= 11 is 0. The molecule has 0 saturated heterocycles. The molecular weight excluding hydrogens is 298 g/mol. The van der Waals surface area contributed by atoms with Crippen LogP contribution in [0.4, 0.5) is 10.5 Å². The van der Waals surface area contributed by atoms with Crippen LogP contribution in [0.3, 0.4) is 0 Å². The number of nitrogens with one attached hydrogen (secondary N) is 1. The van der Waals surface area contributed by atoms with Crippen LogP contribution >= 0.6 is 0 Å². The lowest BCUT2D eigenvalue weighted by Crippen LogP contribution is -2.40. The summed E-state index contributed by atoms with van der Waals surface area (Å²) in [5, 5.41) is 12.8. The van der Waals surface area contributed by atoms with Crippen molar-refractivity contribution in [3.05, 3.63) is 29.8 Å². The minimum atomic E-state index is -1.32. The number of aliphatic hydroxyl groups excluding tert-OH is 1. The molecule has 128 valence electrons. The average molecular weight is 323 g/mol. The number of hydrogen-bond donors (Lipinski definition) is 2. The maximum Gasteiger partial charge on any atom is 0.412 e. The third kappa shape index (κ3) is 5.25. The molecular formula is C17H25NO5. The van der Waals surface area contributed by atoms with E-state index >= 15 is 0 Å². The highest BCUT2D eigenvalue weighted by molar-refractivity contribution is 5.85. The van der Waals surface area contributed by atoms with Gasteiger partial charge in [0.15, 0.2) is 6.10 Å². The highest BCUT2D eigenvalue weighted by Gasteiger charge is 2.36. The molecule has 1 rings (SSSR count). The smallest absolute Gasteiger partial charge is 0.412 e. The van der Waals surface area contributed by atoms with E-state index in [-0.39, 0.29) is 0 Å². The summed E-state index contributed by atoms with van der Waals surface area (Å²) in [6.07, 6.45) is -1.88. The van der Waals surface area contributed by atoms with Crippen molar-refractivity contribution in [1.29, 1.82) is 0 Å². The molecule has 1 aromatic carbocycles. The Hall–Kier alpha value is -2.08. The van der Waals surface area contributed by atoms with Crippen LogP contribution in [0.1, 0.15) is 40.2 Å². The molecule has 1 amide bonds. The Morgan fingerprint density at radius 1 is 1.17 bits per heavy atom. The summed E-state index contributed by atoms with van der Waals surface area (Å²) in [6.45, 7) is 8.78. The van der Waals surface area contributed by atoms with Crippen molar-refractivity contribution >= 4 is 17.7 Å². The van der Waals surface area contributed by atoms with E-state index < -0.39 is 29.2 Å². The summed E-state index contributed by atoms with van der Waals surface area (Å²) < 4.78 is 9.79. The summed E-state index contributed by atoms with van der Waals surface area (Å²) in [5.74, 6) is -0.708. The number of esters is 1. The van der Waals surface area contributed by atoms with Crippen LogP contribution in [-0.2, 0) is 19.7 Å². The first-order chi connectivity index (χ1) is 10.5. The molecule has 1 aromatic rings. The van der Waals surface area contributed by atoms with E-state index in [9.17, 15) is 14.7 Å². The molecule has 6 nitrogen and oxygen atoms in total. The number of rotatable bonds is 4. The second-order valence-corrected chi connectivity index (χ2v) is 6.86. The molecule has 0 aliphatic rings. The van der Waals surface area contributed by atoms with Gasteiger partial charge in [0, 0.05) is 11.1 Å². The Morgan fingerprint density at radius 2 is 1.78 bits per heavy atom. The van der Waals surface area contributed by atoms with Crippen LogP contribution in [0.15, 0.2) is 24.3 Å². The van der Waals surface area contributed by atoms with Gasteiger partial charge in [0.25, 0.3) is 0 Å².